The molecule has 0 atom stereocenters. The molecule has 1 fully saturated rings. The Kier molecular flexibility index (Phi) is 7.62. The second-order valence-corrected chi connectivity index (χ2v) is 9.86. The van der Waals surface area contributed by atoms with Crippen molar-refractivity contribution in [3.05, 3.63) is 57.0 Å². The van der Waals surface area contributed by atoms with Crippen molar-refractivity contribution < 1.29 is 0 Å². The summed E-state index contributed by atoms with van der Waals surface area (Å²) in [7, 11) is 4.03. The zero-order chi connectivity index (χ0) is 22.7. The van der Waals surface area contributed by atoms with E-state index in [1.807, 2.05) is 43.3 Å². The third kappa shape index (κ3) is 5.57. The number of hydrogen-bond acceptors (Lipinski definition) is 5. The van der Waals surface area contributed by atoms with Crippen molar-refractivity contribution in [2.45, 2.75) is 38.3 Å². The Labute approximate surface area is 204 Å². The van der Waals surface area contributed by atoms with Gasteiger partial charge in [0.25, 0.3) is 0 Å². The first kappa shape index (κ1) is 23.4. The van der Waals surface area contributed by atoms with Gasteiger partial charge in [-0.05, 0) is 68.0 Å². The average molecular weight is 493 g/mol. The standard InChI is InChI=1S/C24H28Cl3N5/c1-32(2)23-19-5-3-4-6-21(19)30-24(31-23)29-18-9-7-15(8-10-18)13-28-14-16-11-17(25)12-20(26)22(16)27/h3-6,11-12,15,18,28H,7-10,13-14H2,1-2H3,(H,29,30,31)/t15-,18+. The van der Waals surface area contributed by atoms with Gasteiger partial charge in [0.05, 0.1) is 15.6 Å². The minimum Gasteiger partial charge on any atom is -0.362 e. The Morgan fingerprint density at radius 2 is 1.75 bits per heavy atom. The SMILES string of the molecule is CN(C)c1nc(N[C@H]2CC[C@@H](CNCc3cc(Cl)cc(Cl)c3Cl)CC2)nc2ccccc12. The smallest absolute Gasteiger partial charge is 0.225 e. The molecule has 2 N–H and O–H groups in total. The van der Waals surface area contributed by atoms with Crippen LogP contribution in [0.15, 0.2) is 36.4 Å². The molecule has 32 heavy (non-hydrogen) atoms. The first-order valence-electron chi connectivity index (χ1n) is 11.0. The van der Waals surface area contributed by atoms with Crippen LogP contribution in [-0.4, -0.2) is 36.6 Å². The van der Waals surface area contributed by atoms with Crippen molar-refractivity contribution in [2.24, 2.45) is 5.92 Å². The lowest BCUT2D eigenvalue weighted by Gasteiger charge is -2.29. The molecule has 3 aromatic rings. The van der Waals surface area contributed by atoms with E-state index in [-0.39, 0.29) is 0 Å². The van der Waals surface area contributed by atoms with Gasteiger partial charge < -0.3 is 15.5 Å². The Balaban J connectivity index is 1.30. The van der Waals surface area contributed by atoms with Gasteiger partial charge in [0.1, 0.15) is 5.82 Å². The minimum absolute atomic E-state index is 0.392. The van der Waals surface area contributed by atoms with Crippen LogP contribution in [0.1, 0.15) is 31.2 Å². The molecule has 170 valence electrons. The molecule has 8 heteroatoms. The third-order valence-corrected chi connectivity index (χ3v) is 7.06. The summed E-state index contributed by atoms with van der Waals surface area (Å²) in [6.07, 6.45) is 4.51. The number of rotatable bonds is 7. The summed E-state index contributed by atoms with van der Waals surface area (Å²) in [6, 6.07) is 12.1. The van der Waals surface area contributed by atoms with Crippen LogP contribution in [-0.2, 0) is 6.54 Å². The van der Waals surface area contributed by atoms with E-state index in [2.05, 4.69) is 16.7 Å². The molecule has 1 aromatic heterocycles. The number of halogens is 3. The molecule has 0 amide bonds. The van der Waals surface area contributed by atoms with Crippen LogP contribution in [0.5, 0.6) is 0 Å². The monoisotopic (exact) mass is 491 g/mol. The molecule has 2 aromatic carbocycles. The van der Waals surface area contributed by atoms with Crippen molar-refractivity contribution in [3.8, 4) is 0 Å². The van der Waals surface area contributed by atoms with Gasteiger partial charge in [-0.1, -0.05) is 46.9 Å². The predicted octanol–water partition coefficient (Wildman–Crippen LogP) is 6.42. The Bertz CT molecular complexity index is 1080. The van der Waals surface area contributed by atoms with Crippen LogP contribution in [0.3, 0.4) is 0 Å². The van der Waals surface area contributed by atoms with Crippen LogP contribution in [0.2, 0.25) is 15.1 Å². The van der Waals surface area contributed by atoms with Gasteiger partial charge in [0.2, 0.25) is 5.95 Å². The molecule has 0 bridgehead atoms. The molecule has 0 spiro atoms. The Morgan fingerprint density at radius 1 is 1.00 bits per heavy atom. The molecule has 4 rings (SSSR count). The fraction of sp³-hybridized carbons (Fsp3) is 0.417. The number of anilines is 2. The summed E-state index contributed by atoms with van der Waals surface area (Å²) >= 11 is 18.5. The summed E-state index contributed by atoms with van der Waals surface area (Å²) in [6.45, 7) is 1.61. The molecule has 1 heterocycles. The van der Waals surface area contributed by atoms with E-state index >= 15 is 0 Å². The largest absolute Gasteiger partial charge is 0.362 e. The second kappa shape index (κ2) is 10.4. The molecular weight excluding hydrogens is 465 g/mol. The van der Waals surface area contributed by atoms with Gasteiger partial charge >= 0.3 is 0 Å². The van der Waals surface area contributed by atoms with Crippen molar-refractivity contribution in [2.75, 3.05) is 30.9 Å². The van der Waals surface area contributed by atoms with Crippen molar-refractivity contribution in [1.29, 1.82) is 0 Å². The summed E-state index contributed by atoms with van der Waals surface area (Å²) in [5.41, 5.74) is 1.90. The lowest BCUT2D eigenvalue weighted by atomic mass is 9.86. The van der Waals surface area contributed by atoms with E-state index in [0.29, 0.717) is 39.5 Å². The number of benzene rings is 2. The van der Waals surface area contributed by atoms with Crippen molar-refractivity contribution in [3.63, 3.8) is 0 Å². The van der Waals surface area contributed by atoms with E-state index in [0.717, 1.165) is 54.5 Å². The van der Waals surface area contributed by atoms with Crippen LogP contribution in [0.25, 0.3) is 10.9 Å². The molecular formula is C24H28Cl3N5. The number of fused-ring (bicyclic) bond motifs is 1. The van der Waals surface area contributed by atoms with Gasteiger partial charge in [-0.2, -0.15) is 4.98 Å². The number of para-hydroxylation sites is 1. The van der Waals surface area contributed by atoms with Gasteiger partial charge in [0, 0.05) is 37.1 Å². The molecule has 0 saturated heterocycles. The van der Waals surface area contributed by atoms with E-state index in [4.69, 9.17) is 44.8 Å². The maximum absolute atomic E-state index is 6.30. The van der Waals surface area contributed by atoms with E-state index in [9.17, 15) is 0 Å². The van der Waals surface area contributed by atoms with Gasteiger partial charge in [-0.3, -0.25) is 0 Å². The highest BCUT2D eigenvalue weighted by atomic mass is 35.5. The van der Waals surface area contributed by atoms with E-state index in [1.165, 1.54) is 0 Å². The van der Waals surface area contributed by atoms with Crippen LogP contribution in [0.4, 0.5) is 11.8 Å². The first-order chi connectivity index (χ1) is 15.4. The van der Waals surface area contributed by atoms with E-state index < -0.39 is 0 Å². The fourth-order valence-corrected chi connectivity index (χ4v) is 5.02. The average Bonchev–Trinajstić information content (AvgIpc) is 2.77. The highest BCUT2D eigenvalue weighted by Gasteiger charge is 2.22. The highest BCUT2D eigenvalue weighted by Crippen LogP contribution is 2.31. The number of aromatic nitrogens is 2. The maximum atomic E-state index is 6.30. The molecule has 1 aliphatic rings. The maximum Gasteiger partial charge on any atom is 0.225 e. The minimum atomic E-state index is 0.392. The van der Waals surface area contributed by atoms with Crippen LogP contribution >= 0.6 is 34.8 Å². The summed E-state index contributed by atoms with van der Waals surface area (Å²) in [4.78, 5) is 11.6. The molecule has 1 saturated carbocycles. The summed E-state index contributed by atoms with van der Waals surface area (Å²) in [5, 5.41) is 9.84. The fourth-order valence-electron chi connectivity index (χ4n) is 4.31. The number of nitrogens with one attached hydrogen (secondary N) is 2. The molecule has 5 nitrogen and oxygen atoms in total. The van der Waals surface area contributed by atoms with E-state index in [1.54, 1.807) is 6.07 Å². The normalized spacial score (nSPS) is 18.7. The number of nitrogens with zero attached hydrogens (tertiary/aromatic N) is 3. The Morgan fingerprint density at radius 3 is 2.50 bits per heavy atom. The number of hydrogen-bond donors (Lipinski definition) is 2. The van der Waals surface area contributed by atoms with Crippen molar-refractivity contribution in [1.82, 2.24) is 15.3 Å². The lowest BCUT2D eigenvalue weighted by molar-refractivity contribution is 0.324. The van der Waals surface area contributed by atoms with Gasteiger partial charge in [0.15, 0.2) is 0 Å². The zero-order valence-corrected chi connectivity index (χ0v) is 20.6. The van der Waals surface area contributed by atoms with Gasteiger partial charge in [-0.25, -0.2) is 4.98 Å². The topological polar surface area (TPSA) is 53.1 Å². The second-order valence-electron chi connectivity index (χ2n) is 8.64. The van der Waals surface area contributed by atoms with Gasteiger partial charge in [-0.15, -0.1) is 0 Å². The van der Waals surface area contributed by atoms with Crippen molar-refractivity contribution >= 4 is 57.5 Å². The predicted molar refractivity (Wildman–Crippen MR) is 136 cm³/mol. The molecule has 0 radical (unpaired) electrons. The zero-order valence-electron chi connectivity index (χ0n) is 18.3. The third-order valence-electron chi connectivity index (χ3n) is 6.00. The van der Waals surface area contributed by atoms with Crippen LogP contribution < -0.4 is 15.5 Å². The summed E-state index contributed by atoms with van der Waals surface area (Å²) in [5.74, 6) is 2.29. The first-order valence-corrected chi connectivity index (χ1v) is 12.1. The lowest BCUT2D eigenvalue weighted by Crippen LogP contribution is -2.31. The summed E-state index contributed by atoms with van der Waals surface area (Å²) < 4.78 is 0. The molecule has 0 aliphatic heterocycles. The Hall–Kier alpha value is -1.79. The molecule has 0 unspecified atom stereocenters. The van der Waals surface area contributed by atoms with Crippen LogP contribution in [0, 0.1) is 5.92 Å². The quantitative estimate of drug-likeness (QED) is 0.373. The molecule has 1 aliphatic carbocycles. The highest BCUT2D eigenvalue weighted by molar-refractivity contribution is 6.43.